The Morgan fingerprint density at radius 2 is 1.89 bits per heavy atom. The number of nitrogens with one attached hydrogen (secondary N) is 1. The van der Waals surface area contributed by atoms with E-state index in [4.69, 9.17) is 0 Å². The van der Waals surface area contributed by atoms with Crippen molar-refractivity contribution in [2.75, 3.05) is 6.54 Å². The van der Waals surface area contributed by atoms with Gasteiger partial charge in [-0.25, -0.2) is 4.79 Å². The van der Waals surface area contributed by atoms with Crippen molar-refractivity contribution >= 4 is 11.9 Å². The van der Waals surface area contributed by atoms with Crippen LogP contribution in [0.4, 0.5) is 4.79 Å². The molecule has 0 aromatic rings. The molecule has 0 radical (unpaired) electrons. The number of aliphatic hydroxyl groups excluding tert-OH is 1. The summed E-state index contributed by atoms with van der Waals surface area (Å²) < 4.78 is 0. The second-order valence-corrected chi connectivity index (χ2v) is 5.80. The summed E-state index contributed by atoms with van der Waals surface area (Å²) in [5.41, 5.74) is -0.675. The van der Waals surface area contributed by atoms with E-state index in [9.17, 15) is 14.7 Å². The van der Waals surface area contributed by atoms with Gasteiger partial charge >= 0.3 is 6.03 Å². The first-order valence-electron chi connectivity index (χ1n) is 6.78. The number of imide groups is 1. The van der Waals surface area contributed by atoms with Crippen LogP contribution in [0.25, 0.3) is 0 Å². The second-order valence-electron chi connectivity index (χ2n) is 5.80. The lowest BCUT2D eigenvalue weighted by atomic mass is 9.81. The minimum absolute atomic E-state index is 0.0357. The standard InChI is InChI=1S/C13H22N2O3/c1-9(2)10(16)8-15-11(17)13(14-12(15)18)6-4-3-5-7-13/h9-10,16H,3-8H2,1-2H3,(H,14,18). The van der Waals surface area contributed by atoms with Gasteiger partial charge in [0.05, 0.1) is 12.6 Å². The molecule has 0 bridgehead atoms. The summed E-state index contributed by atoms with van der Waals surface area (Å²) in [5.74, 6) is -0.111. The van der Waals surface area contributed by atoms with E-state index in [-0.39, 0.29) is 24.4 Å². The van der Waals surface area contributed by atoms with Gasteiger partial charge in [-0.3, -0.25) is 9.69 Å². The number of amides is 3. The Morgan fingerprint density at radius 1 is 1.28 bits per heavy atom. The molecule has 1 aliphatic heterocycles. The molecule has 1 spiro atoms. The Labute approximate surface area is 108 Å². The number of aliphatic hydroxyl groups is 1. The third-order valence-electron chi connectivity index (χ3n) is 4.09. The lowest BCUT2D eigenvalue weighted by Gasteiger charge is -2.30. The molecule has 5 heteroatoms. The van der Waals surface area contributed by atoms with Gasteiger partial charge < -0.3 is 10.4 Å². The zero-order valence-electron chi connectivity index (χ0n) is 11.1. The lowest BCUT2D eigenvalue weighted by Crippen LogP contribution is -2.48. The van der Waals surface area contributed by atoms with Crippen molar-refractivity contribution in [3.63, 3.8) is 0 Å². The van der Waals surface area contributed by atoms with Crippen LogP contribution in [0, 0.1) is 5.92 Å². The fraction of sp³-hybridized carbons (Fsp3) is 0.846. The molecule has 1 heterocycles. The fourth-order valence-electron chi connectivity index (χ4n) is 2.73. The Hall–Kier alpha value is -1.10. The van der Waals surface area contributed by atoms with Crippen LogP contribution in [0.2, 0.25) is 0 Å². The Kier molecular flexibility index (Phi) is 3.61. The maximum Gasteiger partial charge on any atom is 0.325 e. The monoisotopic (exact) mass is 254 g/mol. The van der Waals surface area contributed by atoms with E-state index in [1.807, 2.05) is 13.8 Å². The van der Waals surface area contributed by atoms with Gasteiger partial charge in [0.1, 0.15) is 5.54 Å². The fourth-order valence-corrected chi connectivity index (χ4v) is 2.73. The minimum atomic E-state index is -0.675. The van der Waals surface area contributed by atoms with Crippen molar-refractivity contribution in [3.05, 3.63) is 0 Å². The quantitative estimate of drug-likeness (QED) is 0.745. The maximum absolute atomic E-state index is 12.4. The van der Waals surface area contributed by atoms with E-state index in [1.165, 1.54) is 4.90 Å². The molecule has 18 heavy (non-hydrogen) atoms. The molecule has 2 rings (SSSR count). The Morgan fingerprint density at radius 3 is 2.44 bits per heavy atom. The zero-order chi connectivity index (χ0) is 13.3. The Balaban J connectivity index is 2.09. The summed E-state index contributed by atoms with van der Waals surface area (Å²) in [6, 6.07) is -0.346. The highest BCUT2D eigenvalue weighted by Gasteiger charge is 2.51. The van der Waals surface area contributed by atoms with Crippen molar-refractivity contribution in [3.8, 4) is 0 Å². The van der Waals surface area contributed by atoms with E-state index >= 15 is 0 Å². The number of β-amino-alcohol motifs (C(OH)–C–C–N with tert-alkyl or cyclic N) is 1. The van der Waals surface area contributed by atoms with Gasteiger partial charge in [0.25, 0.3) is 5.91 Å². The topological polar surface area (TPSA) is 69.6 Å². The SMILES string of the molecule is CC(C)C(O)CN1C(=O)NC2(CCCCC2)C1=O. The molecule has 3 amide bonds. The maximum atomic E-state index is 12.4. The molecule has 0 aromatic carbocycles. The predicted octanol–water partition coefficient (Wildman–Crippen LogP) is 1.26. The van der Waals surface area contributed by atoms with Gasteiger partial charge in [0.2, 0.25) is 0 Å². The zero-order valence-corrected chi connectivity index (χ0v) is 11.1. The molecule has 2 N–H and O–H groups in total. The third kappa shape index (κ3) is 2.23. The van der Waals surface area contributed by atoms with Crippen LogP contribution in [-0.4, -0.2) is 40.1 Å². The summed E-state index contributed by atoms with van der Waals surface area (Å²) in [4.78, 5) is 25.5. The summed E-state index contributed by atoms with van der Waals surface area (Å²) in [6.07, 6.45) is 3.88. The smallest absolute Gasteiger partial charge is 0.325 e. The molecule has 2 fully saturated rings. The molecular formula is C13H22N2O3. The van der Waals surface area contributed by atoms with Gasteiger partial charge in [-0.05, 0) is 18.8 Å². The van der Waals surface area contributed by atoms with Crippen LogP contribution in [0.3, 0.4) is 0 Å². The van der Waals surface area contributed by atoms with Crippen molar-refractivity contribution in [1.82, 2.24) is 10.2 Å². The first-order chi connectivity index (χ1) is 8.46. The lowest BCUT2D eigenvalue weighted by molar-refractivity contribution is -0.133. The summed E-state index contributed by atoms with van der Waals surface area (Å²) in [7, 11) is 0. The van der Waals surface area contributed by atoms with Crippen LogP contribution < -0.4 is 5.32 Å². The number of hydrogen-bond acceptors (Lipinski definition) is 3. The summed E-state index contributed by atoms with van der Waals surface area (Å²) in [6.45, 7) is 3.85. The van der Waals surface area contributed by atoms with E-state index in [0.717, 1.165) is 32.1 Å². The number of carbonyl (C=O) groups is 2. The van der Waals surface area contributed by atoms with Crippen LogP contribution in [0.15, 0.2) is 0 Å². The first kappa shape index (κ1) is 13.3. The van der Waals surface area contributed by atoms with Gasteiger partial charge in [-0.1, -0.05) is 33.1 Å². The average molecular weight is 254 g/mol. The molecule has 1 aliphatic carbocycles. The average Bonchev–Trinajstić information content (AvgIpc) is 2.55. The largest absolute Gasteiger partial charge is 0.391 e. The molecular weight excluding hydrogens is 232 g/mol. The molecule has 1 unspecified atom stereocenters. The van der Waals surface area contributed by atoms with E-state index in [2.05, 4.69) is 5.32 Å². The molecule has 2 aliphatic rings. The molecule has 1 saturated heterocycles. The second kappa shape index (κ2) is 4.88. The third-order valence-corrected chi connectivity index (χ3v) is 4.09. The van der Waals surface area contributed by atoms with Crippen molar-refractivity contribution in [2.24, 2.45) is 5.92 Å². The Bertz CT molecular complexity index is 348. The highest BCUT2D eigenvalue weighted by Crippen LogP contribution is 2.33. The number of hydrogen-bond donors (Lipinski definition) is 2. The van der Waals surface area contributed by atoms with E-state index in [0.29, 0.717) is 0 Å². The van der Waals surface area contributed by atoms with Crippen molar-refractivity contribution < 1.29 is 14.7 Å². The van der Waals surface area contributed by atoms with E-state index in [1.54, 1.807) is 0 Å². The van der Waals surface area contributed by atoms with Gasteiger partial charge in [0, 0.05) is 0 Å². The number of carbonyl (C=O) groups excluding carboxylic acids is 2. The van der Waals surface area contributed by atoms with E-state index < -0.39 is 11.6 Å². The number of nitrogens with zero attached hydrogens (tertiary/aromatic N) is 1. The van der Waals surface area contributed by atoms with Gasteiger partial charge in [-0.2, -0.15) is 0 Å². The van der Waals surface area contributed by atoms with Crippen LogP contribution >= 0.6 is 0 Å². The first-order valence-corrected chi connectivity index (χ1v) is 6.78. The number of rotatable bonds is 3. The summed E-state index contributed by atoms with van der Waals surface area (Å²) in [5, 5.41) is 12.7. The summed E-state index contributed by atoms with van der Waals surface area (Å²) >= 11 is 0. The highest BCUT2D eigenvalue weighted by atomic mass is 16.3. The van der Waals surface area contributed by atoms with Crippen molar-refractivity contribution in [2.45, 2.75) is 57.6 Å². The van der Waals surface area contributed by atoms with Crippen molar-refractivity contribution in [1.29, 1.82) is 0 Å². The van der Waals surface area contributed by atoms with Crippen LogP contribution in [0.5, 0.6) is 0 Å². The molecule has 0 aromatic heterocycles. The highest BCUT2D eigenvalue weighted by molar-refractivity contribution is 6.07. The molecule has 1 atom stereocenters. The van der Waals surface area contributed by atoms with Gasteiger partial charge in [-0.15, -0.1) is 0 Å². The predicted molar refractivity (Wildman–Crippen MR) is 66.9 cm³/mol. The number of urea groups is 1. The molecule has 102 valence electrons. The minimum Gasteiger partial charge on any atom is -0.391 e. The normalized spacial score (nSPS) is 24.8. The molecule has 1 saturated carbocycles. The van der Waals surface area contributed by atoms with Gasteiger partial charge in [0.15, 0.2) is 0 Å². The van der Waals surface area contributed by atoms with Crippen LogP contribution in [0.1, 0.15) is 46.0 Å². The van der Waals surface area contributed by atoms with Crippen LogP contribution in [-0.2, 0) is 4.79 Å². The molecule has 5 nitrogen and oxygen atoms in total.